The first-order chi connectivity index (χ1) is 13.5. The number of aromatic nitrogens is 2. The maximum absolute atomic E-state index is 13.5. The number of anilines is 1. The van der Waals surface area contributed by atoms with Crippen molar-refractivity contribution in [3.8, 4) is 11.3 Å². The second-order valence-corrected chi connectivity index (χ2v) is 7.29. The number of benzene rings is 2. The molecular formula is C22H23FN4O. The Morgan fingerprint density at radius 1 is 1.21 bits per heavy atom. The Kier molecular flexibility index (Phi) is 4.86. The summed E-state index contributed by atoms with van der Waals surface area (Å²) in [7, 11) is 4.01. The van der Waals surface area contributed by atoms with Crippen LogP contribution in [0.4, 0.5) is 10.1 Å². The number of imidazole rings is 1. The van der Waals surface area contributed by atoms with E-state index in [2.05, 4.69) is 44.0 Å². The molecule has 1 aromatic heterocycles. The van der Waals surface area contributed by atoms with E-state index < -0.39 is 5.82 Å². The van der Waals surface area contributed by atoms with E-state index in [-0.39, 0.29) is 11.9 Å². The van der Waals surface area contributed by atoms with Crippen LogP contribution in [0.25, 0.3) is 11.3 Å². The summed E-state index contributed by atoms with van der Waals surface area (Å²) in [5.41, 5.74) is 4.36. The van der Waals surface area contributed by atoms with E-state index in [1.807, 2.05) is 20.4 Å². The highest BCUT2D eigenvalue weighted by Gasteiger charge is 2.27. The maximum Gasteiger partial charge on any atom is 0.251 e. The number of carbonyl (C=O) groups excluding carboxylic acids is 1. The number of hydrogen-bond donors (Lipinski definition) is 1. The highest BCUT2D eigenvalue weighted by Crippen LogP contribution is 2.34. The van der Waals surface area contributed by atoms with Crippen molar-refractivity contribution < 1.29 is 9.18 Å². The lowest BCUT2D eigenvalue weighted by Gasteiger charge is -2.26. The topological polar surface area (TPSA) is 50.2 Å². The van der Waals surface area contributed by atoms with Crippen LogP contribution in [0, 0.1) is 5.82 Å². The number of rotatable bonds is 4. The number of nitrogens with one attached hydrogen (secondary N) is 1. The largest absolute Gasteiger partial charge is 0.378 e. The van der Waals surface area contributed by atoms with Gasteiger partial charge in [-0.3, -0.25) is 4.79 Å². The molecule has 4 rings (SSSR count). The number of halogens is 1. The Morgan fingerprint density at radius 2 is 2.00 bits per heavy atom. The van der Waals surface area contributed by atoms with Gasteiger partial charge in [-0.05, 0) is 43.2 Å². The van der Waals surface area contributed by atoms with Crippen LogP contribution < -0.4 is 10.2 Å². The number of hydrogen-bond acceptors (Lipinski definition) is 3. The summed E-state index contributed by atoms with van der Waals surface area (Å²) in [5, 5.41) is 3.07. The fourth-order valence-electron chi connectivity index (χ4n) is 3.69. The average Bonchev–Trinajstić information content (AvgIpc) is 3.13. The van der Waals surface area contributed by atoms with Gasteiger partial charge >= 0.3 is 0 Å². The van der Waals surface area contributed by atoms with E-state index in [1.54, 1.807) is 12.1 Å². The third-order valence-corrected chi connectivity index (χ3v) is 5.15. The summed E-state index contributed by atoms with van der Waals surface area (Å²) < 4.78 is 15.6. The van der Waals surface area contributed by atoms with Crippen LogP contribution in [0.1, 0.15) is 34.9 Å². The molecule has 0 bridgehead atoms. The monoisotopic (exact) mass is 378 g/mol. The van der Waals surface area contributed by atoms with Crippen LogP contribution in [0.2, 0.25) is 0 Å². The lowest BCUT2D eigenvalue weighted by molar-refractivity contribution is 0.0929. The number of nitrogens with zero attached hydrogens (tertiary/aromatic N) is 3. The number of aryl methyl sites for hydroxylation is 1. The number of amides is 1. The SMILES string of the molecule is CN(C)c1ccc(-c2ncn3c2[C@@H](NC(=O)c2cccc(F)c2)CCC3)cc1. The zero-order chi connectivity index (χ0) is 19.7. The number of fused-ring (bicyclic) bond motifs is 1. The van der Waals surface area contributed by atoms with Gasteiger partial charge in [0.1, 0.15) is 5.82 Å². The minimum absolute atomic E-state index is 0.157. The van der Waals surface area contributed by atoms with E-state index in [9.17, 15) is 9.18 Å². The summed E-state index contributed by atoms with van der Waals surface area (Å²) >= 11 is 0. The van der Waals surface area contributed by atoms with Gasteiger partial charge in [0.25, 0.3) is 5.91 Å². The Morgan fingerprint density at radius 3 is 2.71 bits per heavy atom. The molecule has 3 aromatic rings. The second-order valence-electron chi connectivity index (χ2n) is 7.29. The molecule has 0 spiro atoms. The van der Waals surface area contributed by atoms with Crippen LogP contribution in [0.3, 0.4) is 0 Å². The summed E-state index contributed by atoms with van der Waals surface area (Å²) in [6.07, 6.45) is 3.62. The standard InChI is InChI=1S/C22H23FN4O/c1-26(2)18-10-8-15(9-11-18)20-21-19(7-4-12-27(21)14-24-20)25-22(28)16-5-3-6-17(23)13-16/h3,5-6,8-11,13-14,19H,4,7,12H2,1-2H3,(H,25,28)/t19-/m0/s1. The first-order valence-electron chi connectivity index (χ1n) is 9.42. The molecule has 0 fully saturated rings. The van der Waals surface area contributed by atoms with Gasteiger partial charge in [-0.1, -0.05) is 18.2 Å². The molecule has 2 aromatic carbocycles. The van der Waals surface area contributed by atoms with E-state index in [4.69, 9.17) is 0 Å². The van der Waals surface area contributed by atoms with Crippen molar-refractivity contribution in [1.29, 1.82) is 0 Å². The molecule has 0 saturated carbocycles. The summed E-state index contributed by atoms with van der Waals surface area (Å²) in [4.78, 5) is 19.3. The van der Waals surface area contributed by atoms with Gasteiger partial charge in [0.2, 0.25) is 0 Å². The highest BCUT2D eigenvalue weighted by molar-refractivity contribution is 5.94. The maximum atomic E-state index is 13.5. The van der Waals surface area contributed by atoms with Gasteiger partial charge in [0.05, 0.1) is 23.8 Å². The molecule has 5 nitrogen and oxygen atoms in total. The third kappa shape index (κ3) is 3.50. The summed E-state index contributed by atoms with van der Waals surface area (Å²) in [5.74, 6) is -0.684. The van der Waals surface area contributed by atoms with Crippen molar-refractivity contribution in [3.63, 3.8) is 0 Å². The molecule has 6 heteroatoms. The van der Waals surface area contributed by atoms with Gasteiger partial charge in [-0.2, -0.15) is 0 Å². The van der Waals surface area contributed by atoms with Crippen molar-refractivity contribution in [1.82, 2.24) is 14.9 Å². The van der Waals surface area contributed by atoms with Crippen LogP contribution in [0.15, 0.2) is 54.9 Å². The predicted molar refractivity (Wildman–Crippen MR) is 108 cm³/mol. The molecule has 0 radical (unpaired) electrons. The first kappa shape index (κ1) is 18.2. The lowest BCUT2D eigenvalue weighted by atomic mass is 9.98. The molecule has 1 aliphatic heterocycles. The summed E-state index contributed by atoms with van der Waals surface area (Å²) in [6.45, 7) is 0.879. The molecule has 0 aliphatic carbocycles. The lowest BCUT2D eigenvalue weighted by Crippen LogP contribution is -2.32. The van der Waals surface area contributed by atoms with Gasteiger partial charge in [-0.15, -0.1) is 0 Å². The molecule has 1 N–H and O–H groups in total. The number of carbonyl (C=O) groups is 1. The molecule has 144 valence electrons. The molecule has 2 heterocycles. The predicted octanol–water partition coefficient (Wildman–Crippen LogP) is 4.02. The van der Waals surface area contributed by atoms with Crippen LogP contribution >= 0.6 is 0 Å². The molecule has 1 amide bonds. The Labute approximate surface area is 163 Å². The summed E-state index contributed by atoms with van der Waals surface area (Å²) in [6, 6.07) is 13.8. The van der Waals surface area contributed by atoms with Crippen molar-refractivity contribution in [2.24, 2.45) is 0 Å². The van der Waals surface area contributed by atoms with E-state index in [0.29, 0.717) is 5.56 Å². The normalized spacial score (nSPS) is 15.8. The fourth-order valence-corrected chi connectivity index (χ4v) is 3.69. The first-order valence-corrected chi connectivity index (χ1v) is 9.42. The van der Waals surface area contributed by atoms with Crippen molar-refractivity contribution in [3.05, 3.63) is 71.9 Å². The van der Waals surface area contributed by atoms with Crippen LogP contribution in [0.5, 0.6) is 0 Å². The molecule has 0 saturated heterocycles. The van der Waals surface area contributed by atoms with Crippen LogP contribution in [-0.2, 0) is 6.54 Å². The van der Waals surface area contributed by atoms with Crippen molar-refractivity contribution >= 4 is 11.6 Å². The van der Waals surface area contributed by atoms with Gasteiger partial charge in [0.15, 0.2) is 0 Å². The quantitative estimate of drug-likeness (QED) is 0.746. The van der Waals surface area contributed by atoms with Crippen molar-refractivity contribution in [2.45, 2.75) is 25.4 Å². The van der Waals surface area contributed by atoms with Crippen molar-refractivity contribution in [2.75, 3.05) is 19.0 Å². The highest BCUT2D eigenvalue weighted by atomic mass is 19.1. The zero-order valence-corrected chi connectivity index (χ0v) is 16.0. The van der Waals surface area contributed by atoms with E-state index in [1.165, 1.54) is 12.1 Å². The minimum Gasteiger partial charge on any atom is -0.378 e. The van der Waals surface area contributed by atoms with E-state index in [0.717, 1.165) is 42.0 Å². The smallest absolute Gasteiger partial charge is 0.251 e. The second kappa shape index (κ2) is 7.46. The fraction of sp³-hybridized carbons (Fsp3) is 0.273. The van der Waals surface area contributed by atoms with Crippen LogP contribution in [-0.4, -0.2) is 29.6 Å². The Bertz CT molecular complexity index is 994. The molecule has 1 aliphatic rings. The molecule has 28 heavy (non-hydrogen) atoms. The molecule has 0 unspecified atom stereocenters. The van der Waals surface area contributed by atoms with Gasteiger partial charge in [0, 0.05) is 37.5 Å². The Balaban J connectivity index is 1.63. The third-order valence-electron chi connectivity index (χ3n) is 5.15. The molecular weight excluding hydrogens is 355 g/mol. The zero-order valence-electron chi connectivity index (χ0n) is 16.0. The van der Waals surface area contributed by atoms with Gasteiger partial charge in [-0.25, -0.2) is 9.37 Å². The van der Waals surface area contributed by atoms with Gasteiger partial charge < -0.3 is 14.8 Å². The average molecular weight is 378 g/mol. The Hall–Kier alpha value is -3.15. The van der Waals surface area contributed by atoms with E-state index >= 15 is 0 Å². The minimum atomic E-state index is -0.414. The molecule has 1 atom stereocenters.